The fourth-order valence-electron chi connectivity index (χ4n) is 1.90. The van der Waals surface area contributed by atoms with Gasteiger partial charge in [0.2, 0.25) is 0 Å². The maximum atomic E-state index is 13.5. The summed E-state index contributed by atoms with van der Waals surface area (Å²) in [7, 11) is 0. The molecule has 0 amide bonds. The molecule has 2 aromatic rings. The topological polar surface area (TPSA) is 56.7 Å². The van der Waals surface area contributed by atoms with Crippen LogP contribution in [-0.2, 0) is 13.0 Å². The van der Waals surface area contributed by atoms with Gasteiger partial charge < -0.3 is 5.73 Å². The number of aromatic nitrogens is 3. The molecule has 0 fully saturated rings. The summed E-state index contributed by atoms with van der Waals surface area (Å²) in [4.78, 5) is 4.87. The SMILES string of the molecule is CCCn1ncnc1CC(N)CSc1ccccc1F. The minimum Gasteiger partial charge on any atom is -0.327 e. The van der Waals surface area contributed by atoms with Crippen LogP contribution in [0.25, 0.3) is 0 Å². The van der Waals surface area contributed by atoms with Gasteiger partial charge >= 0.3 is 0 Å². The van der Waals surface area contributed by atoms with Crippen molar-refractivity contribution in [2.45, 2.75) is 37.2 Å². The van der Waals surface area contributed by atoms with Crippen molar-refractivity contribution in [2.75, 3.05) is 5.75 Å². The summed E-state index contributed by atoms with van der Waals surface area (Å²) in [6.45, 7) is 2.95. The smallest absolute Gasteiger partial charge is 0.138 e. The van der Waals surface area contributed by atoms with Crippen molar-refractivity contribution in [2.24, 2.45) is 5.73 Å². The number of nitrogens with zero attached hydrogens (tertiary/aromatic N) is 3. The average Bonchev–Trinajstić information content (AvgIpc) is 2.86. The van der Waals surface area contributed by atoms with Gasteiger partial charge in [0.05, 0.1) is 0 Å². The van der Waals surface area contributed by atoms with Crippen molar-refractivity contribution in [3.05, 3.63) is 42.2 Å². The van der Waals surface area contributed by atoms with Gasteiger partial charge in [-0.25, -0.2) is 9.37 Å². The summed E-state index contributed by atoms with van der Waals surface area (Å²) >= 11 is 1.44. The first-order valence-corrected chi connectivity index (χ1v) is 7.69. The highest BCUT2D eigenvalue weighted by Gasteiger charge is 2.11. The number of rotatable bonds is 7. The second kappa shape index (κ2) is 7.40. The highest BCUT2D eigenvalue weighted by Crippen LogP contribution is 2.22. The van der Waals surface area contributed by atoms with Gasteiger partial charge in [-0.1, -0.05) is 19.1 Å². The van der Waals surface area contributed by atoms with Crippen molar-refractivity contribution in [3.63, 3.8) is 0 Å². The van der Waals surface area contributed by atoms with Gasteiger partial charge in [-0.2, -0.15) is 5.10 Å². The van der Waals surface area contributed by atoms with E-state index in [9.17, 15) is 4.39 Å². The van der Waals surface area contributed by atoms with Crippen molar-refractivity contribution in [3.8, 4) is 0 Å². The normalized spacial score (nSPS) is 12.6. The van der Waals surface area contributed by atoms with E-state index in [1.54, 1.807) is 18.5 Å². The van der Waals surface area contributed by atoms with E-state index < -0.39 is 0 Å². The molecule has 1 atom stereocenters. The molecule has 4 nitrogen and oxygen atoms in total. The van der Waals surface area contributed by atoms with Crippen molar-refractivity contribution in [1.29, 1.82) is 0 Å². The zero-order valence-corrected chi connectivity index (χ0v) is 12.3. The molecule has 0 saturated carbocycles. The van der Waals surface area contributed by atoms with E-state index in [-0.39, 0.29) is 11.9 Å². The van der Waals surface area contributed by atoms with Crippen molar-refractivity contribution >= 4 is 11.8 Å². The lowest BCUT2D eigenvalue weighted by Gasteiger charge is -2.12. The average molecular weight is 294 g/mol. The van der Waals surface area contributed by atoms with Crippen LogP contribution in [0.2, 0.25) is 0 Å². The fourth-order valence-corrected chi connectivity index (χ4v) is 2.79. The van der Waals surface area contributed by atoms with Crippen LogP contribution in [0.1, 0.15) is 19.2 Å². The molecule has 1 aromatic heterocycles. The van der Waals surface area contributed by atoms with Gasteiger partial charge in [-0.3, -0.25) is 4.68 Å². The molecule has 1 unspecified atom stereocenters. The van der Waals surface area contributed by atoms with Gasteiger partial charge in [-0.05, 0) is 18.6 Å². The van der Waals surface area contributed by atoms with Crippen LogP contribution in [0.5, 0.6) is 0 Å². The third-order valence-corrected chi connectivity index (χ3v) is 4.10. The third kappa shape index (κ3) is 4.05. The van der Waals surface area contributed by atoms with E-state index in [1.165, 1.54) is 17.8 Å². The zero-order chi connectivity index (χ0) is 14.4. The molecular formula is C14H19FN4S. The number of thioether (sulfide) groups is 1. The summed E-state index contributed by atoms with van der Waals surface area (Å²) in [6.07, 6.45) is 3.22. The largest absolute Gasteiger partial charge is 0.327 e. The van der Waals surface area contributed by atoms with E-state index in [2.05, 4.69) is 17.0 Å². The molecule has 0 bridgehead atoms. The summed E-state index contributed by atoms with van der Waals surface area (Å²) < 4.78 is 15.4. The minimum absolute atomic E-state index is 0.0700. The predicted molar refractivity (Wildman–Crippen MR) is 79.1 cm³/mol. The van der Waals surface area contributed by atoms with Gasteiger partial charge in [0.15, 0.2) is 0 Å². The molecule has 6 heteroatoms. The van der Waals surface area contributed by atoms with Crippen LogP contribution in [-0.4, -0.2) is 26.6 Å². The Morgan fingerprint density at radius 3 is 2.95 bits per heavy atom. The highest BCUT2D eigenvalue weighted by atomic mass is 32.2. The van der Waals surface area contributed by atoms with E-state index in [0.717, 1.165) is 18.8 Å². The van der Waals surface area contributed by atoms with Gasteiger partial charge in [0.1, 0.15) is 18.0 Å². The second-order valence-electron chi connectivity index (χ2n) is 4.61. The molecule has 0 radical (unpaired) electrons. The first-order chi connectivity index (χ1) is 9.70. The fraction of sp³-hybridized carbons (Fsp3) is 0.429. The maximum absolute atomic E-state index is 13.5. The summed E-state index contributed by atoms with van der Waals surface area (Å²) in [6, 6.07) is 6.68. The molecule has 108 valence electrons. The lowest BCUT2D eigenvalue weighted by molar-refractivity contribution is 0.552. The molecule has 0 spiro atoms. The van der Waals surface area contributed by atoms with E-state index >= 15 is 0 Å². The standard InChI is InChI=1S/C14H19FN4S/c1-2-7-19-14(17-10-18-19)8-11(16)9-20-13-6-4-3-5-12(13)15/h3-6,10-11H,2,7-9,16H2,1H3. The third-order valence-electron chi connectivity index (χ3n) is 2.87. The van der Waals surface area contributed by atoms with Crippen molar-refractivity contribution in [1.82, 2.24) is 14.8 Å². The molecule has 0 saturated heterocycles. The molecule has 2 N–H and O–H groups in total. The molecule has 1 heterocycles. The van der Waals surface area contributed by atoms with E-state index in [0.29, 0.717) is 17.1 Å². The van der Waals surface area contributed by atoms with Gasteiger partial charge in [0, 0.05) is 29.7 Å². The monoisotopic (exact) mass is 294 g/mol. The number of benzene rings is 1. The molecule has 0 aliphatic carbocycles. The van der Waals surface area contributed by atoms with Crippen LogP contribution in [0, 0.1) is 5.82 Å². The van der Waals surface area contributed by atoms with Crippen LogP contribution in [0.3, 0.4) is 0 Å². The number of hydrogen-bond donors (Lipinski definition) is 1. The Kier molecular flexibility index (Phi) is 5.55. The maximum Gasteiger partial charge on any atom is 0.138 e. The van der Waals surface area contributed by atoms with Crippen LogP contribution in [0.4, 0.5) is 4.39 Å². The predicted octanol–water partition coefficient (Wildman–Crippen LogP) is 2.49. The summed E-state index contributed by atoms with van der Waals surface area (Å²) in [5.74, 6) is 1.35. The number of nitrogens with two attached hydrogens (primary N) is 1. The first-order valence-electron chi connectivity index (χ1n) is 6.70. The Bertz CT molecular complexity index is 543. The Labute approximate surface area is 122 Å². The Morgan fingerprint density at radius 2 is 2.20 bits per heavy atom. The van der Waals surface area contributed by atoms with Gasteiger partial charge in [0.25, 0.3) is 0 Å². The van der Waals surface area contributed by atoms with Crippen LogP contribution < -0.4 is 5.73 Å². The van der Waals surface area contributed by atoms with Crippen molar-refractivity contribution < 1.29 is 4.39 Å². The molecular weight excluding hydrogens is 275 g/mol. The Balaban J connectivity index is 1.88. The number of halogens is 1. The number of aryl methyl sites for hydroxylation is 1. The molecule has 0 aliphatic heterocycles. The Morgan fingerprint density at radius 1 is 1.40 bits per heavy atom. The molecule has 2 rings (SSSR count). The molecule has 0 aliphatic rings. The van der Waals surface area contributed by atoms with Crippen LogP contribution in [0.15, 0.2) is 35.5 Å². The second-order valence-corrected chi connectivity index (χ2v) is 5.67. The van der Waals surface area contributed by atoms with Gasteiger partial charge in [-0.15, -0.1) is 11.8 Å². The summed E-state index contributed by atoms with van der Waals surface area (Å²) in [5, 5.41) is 4.17. The Hall–Kier alpha value is -1.40. The lowest BCUT2D eigenvalue weighted by atomic mass is 10.2. The number of hydrogen-bond acceptors (Lipinski definition) is 4. The lowest BCUT2D eigenvalue weighted by Crippen LogP contribution is -2.27. The summed E-state index contributed by atoms with van der Waals surface area (Å²) in [5.41, 5.74) is 6.10. The first kappa shape index (κ1) is 15.0. The minimum atomic E-state index is -0.196. The van der Waals surface area contributed by atoms with E-state index in [4.69, 9.17) is 5.73 Å². The highest BCUT2D eigenvalue weighted by molar-refractivity contribution is 7.99. The van der Waals surface area contributed by atoms with Crippen LogP contribution >= 0.6 is 11.8 Å². The zero-order valence-electron chi connectivity index (χ0n) is 11.5. The molecule has 20 heavy (non-hydrogen) atoms. The molecule has 1 aromatic carbocycles. The quantitative estimate of drug-likeness (QED) is 0.797. The van der Waals surface area contributed by atoms with E-state index in [1.807, 2.05) is 10.7 Å².